The fourth-order valence-corrected chi connectivity index (χ4v) is 5.57. The molecular weight excluding hydrogens is 432 g/mol. The smallest absolute Gasteiger partial charge is 0.234 e. The summed E-state index contributed by atoms with van der Waals surface area (Å²) >= 11 is 1.54. The summed E-state index contributed by atoms with van der Waals surface area (Å²) in [6.45, 7) is 0.715. The number of hydrogen-bond donors (Lipinski definition) is 1. The molecule has 1 atom stereocenters. The molecule has 166 valence electrons. The van der Waals surface area contributed by atoms with E-state index >= 15 is 0 Å². The molecule has 0 saturated carbocycles. The summed E-state index contributed by atoms with van der Waals surface area (Å²) in [5.41, 5.74) is 4.31. The molecule has 5 rings (SSSR count). The van der Waals surface area contributed by atoms with Crippen LogP contribution in [0.1, 0.15) is 40.5 Å². The summed E-state index contributed by atoms with van der Waals surface area (Å²) in [5.74, 6) is 0.131. The largest absolute Gasteiger partial charge is 0.382 e. The molecule has 1 saturated heterocycles. The predicted octanol–water partition coefficient (Wildman–Crippen LogP) is 4.07. The zero-order valence-electron chi connectivity index (χ0n) is 18.2. The topological polar surface area (TPSA) is 71.2 Å². The molecule has 0 radical (unpaired) electrons. The normalized spacial score (nSPS) is 14.7. The standard InChI is InChI=1S/C26H24N4O2S/c1-29-18-23(27-28-29)25(32)19-9-8-14-22(17-19)26(20-10-4-2-5-11-20,21-12-6-3-7-13-21)33-30-16-15-24(30)31/h2-14,17-18,25,32H,15-16H2,1H3. The molecular formula is C26H24N4O2S. The van der Waals surface area contributed by atoms with E-state index in [1.165, 1.54) is 11.9 Å². The number of aliphatic hydroxyl groups excluding tert-OH is 1. The SMILES string of the molecule is Cn1cc(C(O)c2cccc(C(SN3CCC3=O)(c3ccccc3)c3ccccc3)c2)nn1. The zero-order chi connectivity index (χ0) is 22.8. The number of amides is 1. The first-order valence-corrected chi connectivity index (χ1v) is 11.6. The van der Waals surface area contributed by atoms with Gasteiger partial charge in [0.05, 0.1) is 6.20 Å². The molecule has 1 aromatic heterocycles. The molecule has 0 spiro atoms. The third-order valence-corrected chi connectivity index (χ3v) is 7.51. The number of benzene rings is 3. The molecule has 1 amide bonds. The Morgan fingerprint density at radius 1 is 0.939 bits per heavy atom. The second kappa shape index (κ2) is 8.84. The van der Waals surface area contributed by atoms with Gasteiger partial charge in [-0.1, -0.05) is 90.1 Å². The quantitative estimate of drug-likeness (QED) is 0.258. The fourth-order valence-electron chi connectivity index (χ4n) is 4.15. The summed E-state index contributed by atoms with van der Waals surface area (Å²) < 4.78 is 2.74. The first kappa shape index (κ1) is 21.4. The summed E-state index contributed by atoms with van der Waals surface area (Å²) in [6.07, 6.45) is 1.38. The fraction of sp³-hybridized carbons (Fsp3) is 0.192. The van der Waals surface area contributed by atoms with Crippen LogP contribution in [0.3, 0.4) is 0 Å². The van der Waals surface area contributed by atoms with E-state index in [2.05, 4.69) is 40.6 Å². The number of aryl methyl sites for hydroxylation is 1. The number of carbonyl (C=O) groups is 1. The molecule has 1 aliphatic rings. The minimum absolute atomic E-state index is 0.131. The van der Waals surface area contributed by atoms with Gasteiger partial charge in [0.15, 0.2) is 0 Å². The van der Waals surface area contributed by atoms with Gasteiger partial charge in [0.1, 0.15) is 16.5 Å². The van der Waals surface area contributed by atoms with Crippen molar-refractivity contribution >= 4 is 17.9 Å². The van der Waals surface area contributed by atoms with Crippen LogP contribution in [-0.4, -0.2) is 36.9 Å². The molecule has 0 aliphatic carbocycles. The van der Waals surface area contributed by atoms with Crippen LogP contribution < -0.4 is 0 Å². The van der Waals surface area contributed by atoms with E-state index in [0.29, 0.717) is 18.7 Å². The van der Waals surface area contributed by atoms with Crippen LogP contribution in [0.4, 0.5) is 0 Å². The van der Waals surface area contributed by atoms with Crippen LogP contribution in [0, 0.1) is 0 Å². The van der Waals surface area contributed by atoms with E-state index in [0.717, 1.165) is 22.3 Å². The lowest BCUT2D eigenvalue weighted by Gasteiger charge is -2.42. The van der Waals surface area contributed by atoms with Crippen LogP contribution in [0.25, 0.3) is 0 Å². The van der Waals surface area contributed by atoms with E-state index in [9.17, 15) is 9.90 Å². The van der Waals surface area contributed by atoms with Gasteiger partial charge in [0.2, 0.25) is 5.91 Å². The van der Waals surface area contributed by atoms with Crippen molar-refractivity contribution < 1.29 is 9.90 Å². The summed E-state index contributed by atoms with van der Waals surface area (Å²) in [6, 6.07) is 28.3. The molecule has 1 aliphatic heterocycles. The maximum atomic E-state index is 12.4. The van der Waals surface area contributed by atoms with Crippen molar-refractivity contribution in [1.29, 1.82) is 0 Å². The van der Waals surface area contributed by atoms with Gasteiger partial charge in [-0.25, -0.2) is 0 Å². The van der Waals surface area contributed by atoms with E-state index in [-0.39, 0.29) is 5.91 Å². The lowest BCUT2D eigenvalue weighted by molar-refractivity contribution is -0.132. The molecule has 1 unspecified atom stereocenters. The van der Waals surface area contributed by atoms with Gasteiger partial charge in [-0.15, -0.1) is 5.10 Å². The van der Waals surface area contributed by atoms with Gasteiger partial charge in [-0.2, -0.15) is 0 Å². The van der Waals surface area contributed by atoms with Crippen molar-refractivity contribution in [3.05, 3.63) is 119 Å². The van der Waals surface area contributed by atoms with Gasteiger partial charge in [0, 0.05) is 20.0 Å². The van der Waals surface area contributed by atoms with Crippen molar-refractivity contribution in [2.75, 3.05) is 6.54 Å². The Bertz CT molecular complexity index is 1220. The second-order valence-electron chi connectivity index (χ2n) is 8.10. The third kappa shape index (κ3) is 3.94. The Morgan fingerprint density at radius 2 is 1.58 bits per heavy atom. The number of carbonyl (C=O) groups excluding carboxylic acids is 1. The van der Waals surface area contributed by atoms with Crippen molar-refractivity contribution in [1.82, 2.24) is 19.3 Å². The summed E-state index contributed by atoms with van der Waals surface area (Å²) in [7, 11) is 1.77. The van der Waals surface area contributed by atoms with Gasteiger partial charge in [-0.05, 0) is 34.2 Å². The molecule has 2 heterocycles. The number of aliphatic hydroxyl groups is 1. The highest BCUT2D eigenvalue weighted by atomic mass is 32.2. The number of β-lactam (4-membered cyclic amide) rings is 1. The Morgan fingerprint density at radius 3 is 2.09 bits per heavy atom. The number of rotatable bonds is 7. The Hall–Kier alpha value is -3.42. The summed E-state index contributed by atoms with van der Waals surface area (Å²) in [4.78, 5) is 12.4. The minimum Gasteiger partial charge on any atom is -0.382 e. The molecule has 3 aromatic carbocycles. The number of aromatic nitrogens is 3. The van der Waals surface area contributed by atoms with E-state index < -0.39 is 10.9 Å². The number of hydrogen-bond acceptors (Lipinski definition) is 5. The molecule has 1 N–H and O–H groups in total. The van der Waals surface area contributed by atoms with Crippen molar-refractivity contribution in [2.45, 2.75) is 17.3 Å². The van der Waals surface area contributed by atoms with E-state index in [1.54, 1.807) is 17.9 Å². The van der Waals surface area contributed by atoms with Crippen LogP contribution in [-0.2, 0) is 16.6 Å². The van der Waals surface area contributed by atoms with Gasteiger partial charge in [-0.3, -0.25) is 13.8 Å². The molecule has 33 heavy (non-hydrogen) atoms. The molecule has 0 bridgehead atoms. The third-order valence-electron chi connectivity index (χ3n) is 5.92. The monoisotopic (exact) mass is 456 g/mol. The predicted molar refractivity (Wildman–Crippen MR) is 128 cm³/mol. The minimum atomic E-state index is -0.904. The van der Waals surface area contributed by atoms with Crippen LogP contribution in [0.5, 0.6) is 0 Å². The van der Waals surface area contributed by atoms with Crippen molar-refractivity contribution in [3.8, 4) is 0 Å². The average Bonchev–Trinajstić information content (AvgIpc) is 3.31. The lowest BCUT2D eigenvalue weighted by Crippen LogP contribution is -2.42. The Labute approximate surface area is 197 Å². The average molecular weight is 457 g/mol. The highest BCUT2D eigenvalue weighted by molar-refractivity contribution is 7.99. The molecule has 7 heteroatoms. The van der Waals surface area contributed by atoms with E-state index in [1.807, 2.05) is 58.9 Å². The molecule has 4 aromatic rings. The van der Waals surface area contributed by atoms with Crippen LogP contribution in [0.15, 0.2) is 91.1 Å². The maximum absolute atomic E-state index is 12.4. The Balaban J connectivity index is 1.69. The van der Waals surface area contributed by atoms with Gasteiger partial charge < -0.3 is 5.11 Å². The van der Waals surface area contributed by atoms with E-state index in [4.69, 9.17) is 0 Å². The number of nitrogens with zero attached hydrogens (tertiary/aromatic N) is 4. The highest BCUT2D eigenvalue weighted by Crippen LogP contribution is 2.51. The second-order valence-corrected chi connectivity index (χ2v) is 9.33. The van der Waals surface area contributed by atoms with Crippen LogP contribution in [0.2, 0.25) is 0 Å². The van der Waals surface area contributed by atoms with Gasteiger partial charge >= 0.3 is 0 Å². The lowest BCUT2D eigenvalue weighted by atomic mass is 9.83. The van der Waals surface area contributed by atoms with Crippen LogP contribution >= 0.6 is 11.9 Å². The first-order valence-electron chi connectivity index (χ1n) is 10.8. The van der Waals surface area contributed by atoms with Crippen molar-refractivity contribution in [3.63, 3.8) is 0 Å². The zero-order valence-corrected chi connectivity index (χ0v) is 19.0. The van der Waals surface area contributed by atoms with Gasteiger partial charge in [0.25, 0.3) is 0 Å². The highest BCUT2D eigenvalue weighted by Gasteiger charge is 2.43. The van der Waals surface area contributed by atoms with Crippen molar-refractivity contribution in [2.24, 2.45) is 7.05 Å². The Kier molecular flexibility index (Phi) is 5.74. The first-order chi connectivity index (χ1) is 16.1. The molecule has 1 fully saturated rings. The summed E-state index contributed by atoms with van der Waals surface area (Å²) in [5, 5.41) is 19.1. The molecule has 6 nitrogen and oxygen atoms in total. The maximum Gasteiger partial charge on any atom is 0.234 e.